The second kappa shape index (κ2) is 6.36. The van der Waals surface area contributed by atoms with Gasteiger partial charge in [-0.15, -0.1) is 0 Å². The van der Waals surface area contributed by atoms with Crippen LogP contribution >= 0.6 is 0 Å². The Bertz CT molecular complexity index is 812. The first kappa shape index (κ1) is 16.6. The van der Waals surface area contributed by atoms with Crippen LogP contribution in [0.3, 0.4) is 0 Å². The van der Waals surface area contributed by atoms with Crippen LogP contribution in [0, 0.1) is 11.6 Å². The number of carbonyl (C=O) groups excluding carboxylic acids is 1. The van der Waals surface area contributed by atoms with Gasteiger partial charge in [0.05, 0.1) is 17.8 Å². The molecule has 0 saturated carbocycles. The highest BCUT2D eigenvalue weighted by molar-refractivity contribution is 5.86. The number of H-pyrrole nitrogens is 1. The number of benzene rings is 1. The van der Waals surface area contributed by atoms with Gasteiger partial charge in [0.25, 0.3) is 5.79 Å². The van der Waals surface area contributed by atoms with Crippen molar-refractivity contribution in [2.45, 2.75) is 38.9 Å². The molecule has 1 aromatic heterocycles. The standard InChI is InChI=1S/C18H19F2NO3/c1-3-4-5-9-18(24-11(2)22)17-12(8-10-23-18)15-13(19)6-7-14(20)16(15)21-17/h3-4,6-7,21H,5,8-10H2,1-2H3. The Morgan fingerprint density at radius 1 is 1.42 bits per heavy atom. The highest BCUT2D eigenvalue weighted by Gasteiger charge is 2.43. The third kappa shape index (κ3) is 2.71. The van der Waals surface area contributed by atoms with Gasteiger partial charge in [0.1, 0.15) is 11.6 Å². The molecule has 2 aromatic rings. The quantitative estimate of drug-likeness (QED) is 0.676. The van der Waals surface area contributed by atoms with Crippen molar-refractivity contribution in [1.82, 2.24) is 4.98 Å². The minimum Gasteiger partial charge on any atom is -0.427 e. The SMILES string of the molecule is CC=CCCC1(OC(C)=O)OCCc2c1[nH]c1c(F)ccc(F)c21. The molecule has 1 aliphatic rings. The Morgan fingerprint density at radius 2 is 2.17 bits per heavy atom. The summed E-state index contributed by atoms with van der Waals surface area (Å²) in [5, 5.41) is 0.205. The smallest absolute Gasteiger partial charge is 0.305 e. The number of halogens is 2. The Balaban J connectivity index is 2.19. The molecule has 1 unspecified atom stereocenters. The zero-order chi connectivity index (χ0) is 17.3. The Morgan fingerprint density at radius 3 is 2.88 bits per heavy atom. The monoisotopic (exact) mass is 335 g/mol. The number of hydrogen-bond acceptors (Lipinski definition) is 3. The summed E-state index contributed by atoms with van der Waals surface area (Å²) in [5.41, 5.74) is 1.11. The van der Waals surface area contributed by atoms with Gasteiger partial charge in [0, 0.05) is 18.7 Å². The maximum absolute atomic E-state index is 14.3. The molecule has 0 aliphatic carbocycles. The first-order valence-electron chi connectivity index (χ1n) is 7.92. The second-order valence-electron chi connectivity index (χ2n) is 5.81. The van der Waals surface area contributed by atoms with E-state index < -0.39 is 23.4 Å². The van der Waals surface area contributed by atoms with Crippen LogP contribution in [0.5, 0.6) is 0 Å². The predicted molar refractivity (Wildman–Crippen MR) is 85.4 cm³/mol. The fraction of sp³-hybridized carbons (Fsp3) is 0.389. The number of aromatic nitrogens is 1. The summed E-state index contributed by atoms with van der Waals surface area (Å²) < 4.78 is 39.7. The van der Waals surface area contributed by atoms with Crippen molar-refractivity contribution in [3.63, 3.8) is 0 Å². The molecule has 128 valence electrons. The van der Waals surface area contributed by atoms with E-state index in [-0.39, 0.29) is 17.5 Å². The Labute approximate surface area is 138 Å². The molecule has 1 aromatic carbocycles. The lowest BCUT2D eigenvalue weighted by Gasteiger charge is -2.36. The molecule has 1 N–H and O–H groups in total. The van der Waals surface area contributed by atoms with Crippen molar-refractivity contribution in [2.24, 2.45) is 0 Å². The van der Waals surface area contributed by atoms with Gasteiger partial charge in [0.2, 0.25) is 0 Å². The Hall–Kier alpha value is -2.21. The largest absolute Gasteiger partial charge is 0.427 e. The number of aromatic amines is 1. The van der Waals surface area contributed by atoms with Crippen molar-refractivity contribution in [3.05, 3.63) is 47.2 Å². The summed E-state index contributed by atoms with van der Waals surface area (Å²) in [5.74, 6) is -2.92. The second-order valence-corrected chi connectivity index (χ2v) is 5.81. The van der Waals surface area contributed by atoms with Gasteiger partial charge in [-0.1, -0.05) is 12.2 Å². The molecule has 6 heteroatoms. The molecule has 0 fully saturated rings. The third-order valence-electron chi connectivity index (χ3n) is 4.21. The number of nitrogens with one attached hydrogen (secondary N) is 1. The third-order valence-corrected chi connectivity index (χ3v) is 4.21. The molecule has 1 atom stereocenters. The minimum atomic E-state index is -1.35. The Kier molecular flexibility index (Phi) is 4.41. The molecule has 0 spiro atoms. The van der Waals surface area contributed by atoms with E-state index >= 15 is 0 Å². The highest BCUT2D eigenvalue weighted by atomic mass is 19.1. The van der Waals surface area contributed by atoms with Gasteiger partial charge in [-0.3, -0.25) is 4.79 Å². The topological polar surface area (TPSA) is 51.3 Å². The average molecular weight is 335 g/mol. The predicted octanol–water partition coefficient (Wildman–Crippen LogP) is 4.09. The zero-order valence-electron chi connectivity index (χ0n) is 13.6. The van der Waals surface area contributed by atoms with E-state index in [0.717, 1.165) is 12.1 Å². The van der Waals surface area contributed by atoms with Crippen molar-refractivity contribution in [3.8, 4) is 0 Å². The summed E-state index contributed by atoms with van der Waals surface area (Å²) in [7, 11) is 0. The first-order valence-corrected chi connectivity index (χ1v) is 7.92. The fourth-order valence-electron chi connectivity index (χ4n) is 3.26. The normalized spacial score (nSPS) is 20.5. The fourth-order valence-corrected chi connectivity index (χ4v) is 3.26. The molecular weight excluding hydrogens is 316 g/mol. The van der Waals surface area contributed by atoms with Crippen molar-refractivity contribution < 1.29 is 23.0 Å². The van der Waals surface area contributed by atoms with Crippen LogP contribution in [0.4, 0.5) is 8.78 Å². The molecular formula is C18H19F2NO3. The number of ether oxygens (including phenoxy) is 2. The number of hydrogen-bond donors (Lipinski definition) is 1. The molecule has 4 nitrogen and oxygen atoms in total. The molecule has 2 heterocycles. The highest BCUT2D eigenvalue weighted by Crippen LogP contribution is 2.42. The number of allylic oxidation sites excluding steroid dienone is 2. The van der Waals surface area contributed by atoms with E-state index in [1.54, 1.807) is 0 Å². The van der Waals surface area contributed by atoms with E-state index in [9.17, 15) is 13.6 Å². The van der Waals surface area contributed by atoms with Crippen molar-refractivity contribution in [1.29, 1.82) is 0 Å². The summed E-state index contributed by atoms with van der Waals surface area (Å²) in [6, 6.07) is 2.18. The van der Waals surface area contributed by atoms with Gasteiger partial charge in [-0.2, -0.15) is 0 Å². The number of esters is 1. The van der Waals surface area contributed by atoms with Crippen molar-refractivity contribution >= 4 is 16.9 Å². The summed E-state index contributed by atoms with van der Waals surface area (Å²) in [6.07, 6.45) is 5.19. The molecule has 24 heavy (non-hydrogen) atoms. The van der Waals surface area contributed by atoms with Crippen LogP contribution in [0.1, 0.15) is 37.9 Å². The van der Waals surface area contributed by atoms with E-state index in [0.29, 0.717) is 30.5 Å². The van der Waals surface area contributed by atoms with E-state index in [1.807, 2.05) is 19.1 Å². The summed E-state index contributed by atoms with van der Waals surface area (Å²) in [4.78, 5) is 14.5. The molecule has 0 bridgehead atoms. The van der Waals surface area contributed by atoms with E-state index in [4.69, 9.17) is 9.47 Å². The first-order chi connectivity index (χ1) is 11.5. The van der Waals surface area contributed by atoms with Crippen molar-refractivity contribution in [2.75, 3.05) is 6.61 Å². The molecule has 0 amide bonds. The minimum absolute atomic E-state index is 0.0769. The number of rotatable bonds is 4. The van der Waals surface area contributed by atoms with E-state index in [1.165, 1.54) is 6.92 Å². The number of fused-ring (bicyclic) bond motifs is 3. The van der Waals surface area contributed by atoms with Gasteiger partial charge in [0.15, 0.2) is 0 Å². The number of carbonyl (C=O) groups is 1. The molecule has 3 rings (SSSR count). The van der Waals surface area contributed by atoms with Crippen LogP contribution in [0.15, 0.2) is 24.3 Å². The lowest BCUT2D eigenvalue weighted by molar-refractivity contribution is -0.247. The van der Waals surface area contributed by atoms with Gasteiger partial charge >= 0.3 is 5.97 Å². The van der Waals surface area contributed by atoms with Crippen LogP contribution in [0.25, 0.3) is 10.9 Å². The maximum atomic E-state index is 14.3. The zero-order valence-corrected chi connectivity index (χ0v) is 13.6. The lowest BCUT2D eigenvalue weighted by atomic mass is 9.96. The van der Waals surface area contributed by atoms with Crippen LogP contribution in [-0.4, -0.2) is 17.6 Å². The molecule has 0 radical (unpaired) electrons. The summed E-state index contributed by atoms with van der Waals surface area (Å²) >= 11 is 0. The van der Waals surface area contributed by atoms with Gasteiger partial charge in [-0.05, 0) is 37.5 Å². The summed E-state index contributed by atoms with van der Waals surface area (Å²) in [6.45, 7) is 3.44. The van der Waals surface area contributed by atoms with E-state index in [2.05, 4.69) is 4.98 Å². The molecule has 1 aliphatic heterocycles. The van der Waals surface area contributed by atoms with Gasteiger partial charge in [-0.25, -0.2) is 8.78 Å². The van der Waals surface area contributed by atoms with Crippen LogP contribution in [-0.2, 0) is 26.5 Å². The lowest BCUT2D eigenvalue weighted by Crippen LogP contribution is -2.39. The van der Waals surface area contributed by atoms with Gasteiger partial charge < -0.3 is 14.5 Å². The average Bonchev–Trinajstić information content (AvgIpc) is 2.93. The maximum Gasteiger partial charge on any atom is 0.305 e. The molecule has 0 saturated heterocycles. The van der Waals surface area contributed by atoms with Crippen LogP contribution < -0.4 is 0 Å². The van der Waals surface area contributed by atoms with Crippen LogP contribution in [0.2, 0.25) is 0 Å².